The Hall–Kier alpha value is -2.04. The predicted octanol–water partition coefficient (Wildman–Crippen LogP) is 4.48. The molecule has 0 spiro atoms. The number of furan rings is 1. The zero-order chi connectivity index (χ0) is 16.7. The summed E-state index contributed by atoms with van der Waals surface area (Å²) in [4.78, 5) is 0. The number of benzene rings is 3. The van der Waals surface area contributed by atoms with E-state index in [-0.39, 0.29) is 18.3 Å². The molecule has 0 aliphatic carbocycles. The largest absolute Gasteiger partial charge is 0.495 e. The molecular formula is C20H19BO3. The van der Waals surface area contributed by atoms with Crippen molar-refractivity contribution in [3.8, 4) is 0 Å². The average Bonchev–Trinajstić information content (AvgIpc) is 3.00. The molecule has 3 nitrogen and oxygen atoms in total. The van der Waals surface area contributed by atoms with E-state index >= 15 is 0 Å². The van der Waals surface area contributed by atoms with Crippen molar-refractivity contribution in [1.29, 1.82) is 0 Å². The van der Waals surface area contributed by atoms with E-state index in [9.17, 15) is 0 Å². The lowest BCUT2D eigenvalue weighted by Gasteiger charge is -2.32. The molecule has 24 heavy (non-hydrogen) atoms. The first-order chi connectivity index (χ1) is 11.4. The minimum absolute atomic E-state index is 0.352. The number of rotatable bonds is 1. The van der Waals surface area contributed by atoms with Crippen molar-refractivity contribution in [2.75, 3.05) is 0 Å². The molecule has 3 aromatic carbocycles. The van der Waals surface area contributed by atoms with Crippen molar-refractivity contribution >= 4 is 45.3 Å². The third-order valence-corrected chi connectivity index (χ3v) is 5.68. The van der Waals surface area contributed by atoms with Gasteiger partial charge in [-0.05, 0) is 56.1 Å². The Morgan fingerprint density at radius 3 is 2.12 bits per heavy atom. The first-order valence-corrected chi connectivity index (χ1v) is 8.39. The Bertz CT molecular complexity index is 1060. The summed E-state index contributed by atoms with van der Waals surface area (Å²) in [5, 5.41) is 4.65. The van der Waals surface area contributed by atoms with Gasteiger partial charge in [0.15, 0.2) is 0 Å². The van der Waals surface area contributed by atoms with Crippen molar-refractivity contribution in [3.63, 3.8) is 0 Å². The molecule has 0 atom stereocenters. The predicted molar refractivity (Wildman–Crippen MR) is 98.1 cm³/mol. The second kappa shape index (κ2) is 4.32. The van der Waals surface area contributed by atoms with Gasteiger partial charge < -0.3 is 13.7 Å². The van der Waals surface area contributed by atoms with Crippen LogP contribution in [0, 0.1) is 0 Å². The zero-order valence-corrected chi connectivity index (χ0v) is 14.3. The van der Waals surface area contributed by atoms with Gasteiger partial charge in [0, 0.05) is 10.8 Å². The van der Waals surface area contributed by atoms with Crippen LogP contribution in [0.1, 0.15) is 27.7 Å². The second-order valence-electron chi connectivity index (χ2n) is 7.69. The molecule has 120 valence electrons. The molecular weight excluding hydrogens is 299 g/mol. The highest BCUT2D eigenvalue weighted by Crippen LogP contribution is 2.40. The third-order valence-electron chi connectivity index (χ3n) is 5.68. The van der Waals surface area contributed by atoms with Crippen molar-refractivity contribution < 1.29 is 13.7 Å². The van der Waals surface area contributed by atoms with Crippen LogP contribution in [-0.2, 0) is 9.31 Å². The Balaban J connectivity index is 1.83. The summed E-state index contributed by atoms with van der Waals surface area (Å²) >= 11 is 0. The molecule has 0 saturated carbocycles. The minimum Gasteiger partial charge on any atom is -0.456 e. The average molecular weight is 318 g/mol. The van der Waals surface area contributed by atoms with Gasteiger partial charge in [-0.25, -0.2) is 0 Å². The quantitative estimate of drug-likeness (QED) is 0.383. The van der Waals surface area contributed by atoms with Crippen LogP contribution in [0.5, 0.6) is 0 Å². The molecule has 5 rings (SSSR count). The van der Waals surface area contributed by atoms with Gasteiger partial charge in [0.05, 0.1) is 11.2 Å². The minimum atomic E-state index is -0.376. The molecule has 0 unspecified atom stereocenters. The summed E-state index contributed by atoms with van der Waals surface area (Å²) < 4.78 is 18.6. The highest BCUT2D eigenvalue weighted by atomic mass is 16.7. The molecule has 0 N–H and O–H groups in total. The second-order valence-corrected chi connectivity index (χ2v) is 7.69. The van der Waals surface area contributed by atoms with Crippen LogP contribution >= 0.6 is 0 Å². The maximum atomic E-state index is 6.30. The van der Waals surface area contributed by atoms with Crippen LogP contribution in [0.2, 0.25) is 0 Å². The van der Waals surface area contributed by atoms with Gasteiger partial charge in [0.2, 0.25) is 0 Å². The van der Waals surface area contributed by atoms with E-state index in [0.717, 1.165) is 32.8 Å². The lowest BCUT2D eigenvalue weighted by molar-refractivity contribution is 0.00578. The summed E-state index contributed by atoms with van der Waals surface area (Å²) in [6, 6.07) is 14.5. The topological polar surface area (TPSA) is 31.6 Å². The standard InChI is InChI=1S/C20H19BO3/c1-19(2)20(3,4)24-21(23-19)14-11-12-7-5-9-15-17(12)18-13(14)8-6-10-16(18)22-15/h5-11H,1-4H3. The number of hydrogen-bond acceptors (Lipinski definition) is 3. The van der Waals surface area contributed by atoms with Gasteiger partial charge >= 0.3 is 7.12 Å². The molecule has 0 radical (unpaired) electrons. The fraction of sp³-hybridized carbons (Fsp3) is 0.300. The van der Waals surface area contributed by atoms with Crippen LogP contribution in [-0.4, -0.2) is 18.3 Å². The van der Waals surface area contributed by atoms with E-state index in [1.54, 1.807) is 0 Å². The molecule has 2 heterocycles. The highest BCUT2D eigenvalue weighted by Gasteiger charge is 2.52. The fourth-order valence-electron chi connectivity index (χ4n) is 3.66. The van der Waals surface area contributed by atoms with E-state index in [2.05, 4.69) is 45.9 Å². The molecule has 1 fully saturated rings. The Morgan fingerprint density at radius 2 is 1.42 bits per heavy atom. The maximum absolute atomic E-state index is 6.30. The van der Waals surface area contributed by atoms with Crippen molar-refractivity contribution in [2.24, 2.45) is 0 Å². The molecule has 0 amide bonds. The zero-order valence-electron chi connectivity index (χ0n) is 14.3. The molecule has 1 aliphatic rings. The van der Waals surface area contributed by atoms with Gasteiger partial charge in [-0.2, -0.15) is 0 Å². The molecule has 4 aromatic rings. The van der Waals surface area contributed by atoms with E-state index < -0.39 is 0 Å². The van der Waals surface area contributed by atoms with Gasteiger partial charge in [0.25, 0.3) is 0 Å². The molecule has 0 bridgehead atoms. The summed E-state index contributed by atoms with van der Waals surface area (Å²) in [7, 11) is -0.376. The third kappa shape index (κ3) is 1.70. The smallest absolute Gasteiger partial charge is 0.456 e. The molecule has 1 aliphatic heterocycles. The van der Waals surface area contributed by atoms with Crippen LogP contribution in [0.4, 0.5) is 0 Å². The van der Waals surface area contributed by atoms with Crippen LogP contribution in [0.3, 0.4) is 0 Å². The van der Waals surface area contributed by atoms with Gasteiger partial charge in [-0.3, -0.25) is 0 Å². The number of hydrogen-bond donors (Lipinski definition) is 0. The normalized spacial score (nSPS) is 19.9. The highest BCUT2D eigenvalue weighted by molar-refractivity contribution is 6.66. The summed E-state index contributed by atoms with van der Waals surface area (Å²) in [6.07, 6.45) is 0. The van der Waals surface area contributed by atoms with Crippen LogP contribution in [0.25, 0.3) is 32.7 Å². The summed E-state index contributed by atoms with van der Waals surface area (Å²) in [6.45, 7) is 8.34. The summed E-state index contributed by atoms with van der Waals surface area (Å²) in [5.74, 6) is 0. The van der Waals surface area contributed by atoms with Gasteiger partial charge in [0.1, 0.15) is 11.2 Å². The Labute approximate surface area is 141 Å². The lowest BCUT2D eigenvalue weighted by Crippen LogP contribution is -2.41. The molecule has 4 heteroatoms. The van der Waals surface area contributed by atoms with E-state index in [4.69, 9.17) is 13.7 Å². The van der Waals surface area contributed by atoms with Crippen molar-refractivity contribution in [1.82, 2.24) is 0 Å². The monoisotopic (exact) mass is 318 g/mol. The SMILES string of the molecule is CC1(C)OB(c2cc3cccc4oc5cccc2c5c34)OC1(C)C. The molecule has 1 saturated heterocycles. The lowest BCUT2D eigenvalue weighted by atomic mass is 9.75. The van der Waals surface area contributed by atoms with Gasteiger partial charge in [-0.1, -0.05) is 30.3 Å². The fourth-order valence-corrected chi connectivity index (χ4v) is 3.66. The van der Waals surface area contributed by atoms with Crippen molar-refractivity contribution in [3.05, 3.63) is 42.5 Å². The van der Waals surface area contributed by atoms with E-state index in [1.165, 1.54) is 5.39 Å². The van der Waals surface area contributed by atoms with Crippen LogP contribution in [0.15, 0.2) is 46.9 Å². The maximum Gasteiger partial charge on any atom is 0.495 e. The van der Waals surface area contributed by atoms with E-state index in [0.29, 0.717) is 0 Å². The van der Waals surface area contributed by atoms with E-state index in [1.807, 2.05) is 24.3 Å². The Morgan fingerprint density at radius 1 is 0.792 bits per heavy atom. The first-order valence-electron chi connectivity index (χ1n) is 8.39. The summed E-state index contributed by atoms with van der Waals surface area (Å²) in [5.41, 5.74) is 2.21. The van der Waals surface area contributed by atoms with Crippen molar-refractivity contribution in [2.45, 2.75) is 38.9 Å². The van der Waals surface area contributed by atoms with Gasteiger partial charge in [-0.15, -0.1) is 0 Å². The van der Waals surface area contributed by atoms with Crippen LogP contribution < -0.4 is 5.46 Å². The Kier molecular flexibility index (Phi) is 2.58. The molecule has 1 aromatic heterocycles. The first kappa shape index (κ1) is 14.3.